The van der Waals surface area contributed by atoms with Gasteiger partial charge < -0.3 is 15.3 Å². The zero-order valence-corrected chi connectivity index (χ0v) is 8.96. The second kappa shape index (κ2) is 5.24. The first-order valence-corrected chi connectivity index (χ1v) is 5.12. The van der Waals surface area contributed by atoms with Gasteiger partial charge in [-0.2, -0.15) is 13.2 Å². The summed E-state index contributed by atoms with van der Waals surface area (Å²) in [6.45, 7) is -1.16. The average Bonchev–Trinajstić information content (AvgIpc) is 2.25. The Morgan fingerprint density at radius 1 is 1.41 bits per heavy atom. The van der Waals surface area contributed by atoms with Gasteiger partial charge in [0.2, 0.25) is 0 Å². The zero-order valence-electron chi connectivity index (χ0n) is 8.96. The molecule has 0 aromatic rings. The van der Waals surface area contributed by atoms with E-state index in [4.69, 9.17) is 5.11 Å². The molecule has 1 rings (SSSR count). The standard InChI is InChI=1S/C9H13F3N2O3/c10-9(11,12)5-13-8(17)14-3-1-2-6(4-14)7(15)16/h6H,1-5H2,(H,13,17)(H,15,16)/t6-/m0/s1. The van der Waals surface area contributed by atoms with Crippen molar-refractivity contribution >= 4 is 12.0 Å². The summed E-state index contributed by atoms with van der Waals surface area (Å²) < 4.78 is 35.6. The van der Waals surface area contributed by atoms with Crippen LogP contribution in [0.4, 0.5) is 18.0 Å². The molecule has 5 nitrogen and oxygen atoms in total. The molecule has 1 saturated heterocycles. The number of carboxylic acid groups (broad SMARTS) is 1. The number of hydrogen-bond donors (Lipinski definition) is 2. The summed E-state index contributed by atoms with van der Waals surface area (Å²) in [5.74, 6) is -1.72. The van der Waals surface area contributed by atoms with E-state index in [1.807, 2.05) is 0 Å². The van der Waals surface area contributed by atoms with Crippen molar-refractivity contribution in [1.29, 1.82) is 0 Å². The number of nitrogens with one attached hydrogen (secondary N) is 1. The van der Waals surface area contributed by atoms with Crippen LogP contribution in [0.1, 0.15) is 12.8 Å². The summed E-state index contributed by atoms with van der Waals surface area (Å²) in [4.78, 5) is 23.1. The first-order valence-electron chi connectivity index (χ1n) is 5.12. The van der Waals surface area contributed by atoms with E-state index < -0.39 is 30.6 Å². The lowest BCUT2D eigenvalue weighted by atomic mass is 9.99. The normalized spacial score (nSPS) is 21.1. The monoisotopic (exact) mass is 254 g/mol. The van der Waals surface area contributed by atoms with Crippen LogP contribution in [0.5, 0.6) is 0 Å². The summed E-state index contributed by atoms with van der Waals surface area (Å²) in [6, 6.07) is -0.867. The Bertz CT molecular complexity index is 306. The third kappa shape index (κ3) is 4.49. The van der Waals surface area contributed by atoms with Gasteiger partial charge in [0.05, 0.1) is 5.92 Å². The summed E-state index contributed by atoms with van der Waals surface area (Å²) in [5, 5.41) is 10.5. The van der Waals surface area contributed by atoms with Crippen molar-refractivity contribution in [2.75, 3.05) is 19.6 Å². The van der Waals surface area contributed by atoms with Gasteiger partial charge in [0, 0.05) is 13.1 Å². The van der Waals surface area contributed by atoms with Crippen molar-refractivity contribution in [1.82, 2.24) is 10.2 Å². The fourth-order valence-corrected chi connectivity index (χ4v) is 1.65. The van der Waals surface area contributed by atoms with Gasteiger partial charge in [-0.05, 0) is 12.8 Å². The molecule has 0 spiro atoms. The van der Waals surface area contributed by atoms with Gasteiger partial charge in [-0.15, -0.1) is 0 Å². The summed E-state index contributed by atoms with van der Waals surface area (Å²) >= 11 is 0. The minimum Gasteiger partial charge on any atom is -0.481 e. The van der Waals surface area contributed by atoms with Gasteiger partial charge in [0.1, 0.15) is 6.54 Å². The molecule has 0 bridgehead atoms. The highest BCUT2D eigenvalue weighted by Crippen LogP contribution is 2.17. The minimum atomic E-state index is -4.46. The highest BCUT2D eigenvalue weighted by molar-refractivity contribution is 5.76. The molecule has 17 heavy (non-hydrogen) atoms. The number of piperidine rings is 1. The maximum Gasteiger partial charge on any atom is 0.405 e. The number of hydrogen-bond acceptors (Lipinski definition) is 2. The van der Waals surface area contributed by atoms with Crippen LogP contribution in [0.2, 0.25) is 0 Å². The molecule has 0 aliphatic carbocycles. The smallest absolute Gasteiger partial charge is 0.405 e. The molecule has 0 saturated carbocycles. The van der Waals surface area contributed by atoms with Crippen LogP contribution >= 0.6 is 0 Å². The van der Waals surface area contributed by atoms with Crippen LogP contribution in [-0.2, 0) is 4.79 Å². The quantitative estimate of drug-likeness (QED) is 0.774. The van der Waals surface area contributed by atoms with E-state index in [1.165, 1.54) is 0 Å². The molecule has 1 aliphatic heterocycles. The van der Waals surface area contributed by atoms with Crippen LogP contribution in [0.25, 0.3) is 0 Å². The van der Waals surface area contributed by atoms with E-state index >= 15 is 0 Å². The van der Waals surface area contributed by atoms with E-state index in [-0.39, 0.29) is 13.1 Å². The lowest BCUT2D eigenvalue weighted by Gasteiger charge is -2.30. The summed E-state index contributed by atoms with van der Waals surface area (Å²) in [6.07, 6.45) is -3.54. The van der Waals surface area contributed by atoms with Crippen LogP contribution in [0.15, 0.2) is 0 Å². The Labute approximate surface area is 95.6 Å². The Balaban J connectivity index is 2.44. The lowest BCUT2D eigenvalue weighted by molar-refractivity contribution is -0.143. The molecule has 2 N–H and O–H groups in total. The maximum absolute atomic E-state index is 11.9. The van der Waals surface area contributed by atoms with Gasteiger partial charge in [0.25, 0.3) is 0 Å². The Kier molecular flexibility index (Phi) is 4.19. The molecule has 98 valence electrons. The van der Waals surface area contributed by atoms with E-state index in [2.05, 4.69) is 0 Å². The van der Waals surface area contributed by atoms with Gasteiger partial charge in [0.15, 0.2) is 0 Å². The highest BCUT2D eigenvalue weighted by atomic mass is 19.4. The molecule has 0 aromatic heterocycles. The molecular formula is C9H13F3N2O3. The van der Waals surface area contributed by atoms with Crippen molar-refractivity contribution in [2.24, 2.45) is 5.92 Å². The highest BCUT2D eigenvalue weighted by Gasteiger charge is 2.31. The Morgan fingerprint density at radius 2 is 2.06 bits per heavy atom. The summed E-state index contributed by atoms with van der Waals surface area (Å²) in [7, 11) is 0. The van der Waals surface area contributed by atoms with Crippen molar-refractivity contribution in [3.63, 3.8) is 0 Å². The van der Waals surface area contributed by atoms with Gasteiger partial charge in [-0.25, -0.2) is 4.79 Å². The summed E-state index contributed by atoms with van der Waals surface area (Å²) in [5.41, 5.74) is 0. The molecule has 1 heterocycles. The van der Waals surface area contributed by atoms with Crippen molar-refractivity contribution in [2.45, 2.75) is 19.0 Å². The largest absolute Gasteiger partial charge is 0.481 e. The molecule has 8 heteroatoms. The van der Waals surface area contributed by atoms with Crippen LogP contribution < -0.4 is 5.32 Å². The average molecular weight is 254 g/mol. The van der Waals surface area contributed by atoms with Crippen LogP contribution in [-0.4, -0.2) is 47.8 Å². The minimum absolute atomic E-state index is 0.0426. The van der Waals surface area contributed by atoms with E-state index in [1.54, 1.807) is 5.32 Å². The molecule has 0 unspecified atom stereocenters. The van der Waals surface area contributed by atoms with Crippen molar-refractivity contribution < 1.29 is 27.9 Å². The number of carboxylic acids is 1. The maximum atomic E-state index is 11.9. The zero-order chi connectivity index (χ0) is 13.1. The number of carbonyl (C=O) groups is 2. The molecule has 0 aromatic carbocycles. The Morgan fingerprint density at radius 3 is 2.59 bits per heavy atom. The second-order valence-corrected chi connectivity index (χ2v) is 3.90. The molecule has 0 radical (unpaired) electrons. The predicted molar refractivity (Wildman–Crippen MR) is 51.4 cm³/mol. The van der Waals surface area contributed by atoms with Crippen molar-refractivity contribution in [3.8, 4) is 0 Å². The molecular weight excluding hydrogens is 241 g/mol. The number of nitrogens with zero attached hydrogens (tertiary/aromatic N) is 1. The van der Waals surface area contributed by atoms with Gasteiger partial charge in [-0.3, -0.25) is 4.79 Å². The van der Waals surface area contributed by atoms with E-state index in [0.717, 1.165) is 4.90 Å². The number of carbonyl (C=O) groups excluding carboxylic acids is 1. The molecule has 1 atom stereocenters. The fraction of sp³-hybridized carbons (Fsp3) is 0.778. The van der Waals surface area contributed by atoms with Gasteiger partial charge >= 0.3 is 18.2 Å². The lowest BCUT2D eigenvalue weighted by Crippen LogP contribution is -2.48. The number of rotatable bonds is 2. The molecule has 2 amide bonds. The van der Waals surface area contributed by atoms with E-state index in [0.29, 0.717) is 12.8 Å². The second-order valence-electron chi connectivity index (χ2n) is 3.90. The fourth-order valence-electron chi connectivity index (χ4n) is 1.65. The third-order valence-electron chi connectivity index (χ3n) is 2.50. The first-order chi connectivity index (χ1) is 7.79. The first kappa shape index (κ1) is 13.6. The Hall–Kier alpha value is -1.47. The van der Waals surface area contributed by atoms with E-state index in [9.17, 15) is 22.8 Å². The predicted octanol–water partition coefficient (Wildman–Crippen LogP) is 1.05. The third-order valence-corrected chi connectivity index (χ3v) is 2.50. The number of aliphatic carboxylic acids is 1. The molecule has 1 fully saturated rings. The van der Waals surface area contributed by atoms with Crippen molar-refractivity contribution in [3.05, 3.63) is 0 Å². The SMILES string of the molecule is O=C(O)[C@H]1CCCN(C(=O)NCC(F)(F)F)C1. The number of alkyl halides is 3. The van der Waals surface area contributed by atoms with Crippen LogP contribution in [0.3, 0.4) is 0 Å². The number of likely N-dealkylation sites (tertiary alicyclic amines) is 1. The number of urea groups is 1. The number of halogens is 3. The topological polar surface area (TPSA) is 69.6 Å². The van der Waals surface area contributed by atoms with Gasteiger partial charge in [-0.1, -0.05) is 0 Å². The number of amides is 2. The molecule has 1 aliphatic rings. The van der Waals surface area contributed by atoms with Crippen LogP contribution in [0, 0.1) is 5.92 Å².